The number of fused-ring (bicyclic) bond motifs is 10. The molecule has 60 heavy (non-hydrogen) atoms. The largest absolute Gasteiger partial charge is 0.466 e. The zero-order valence-electron chi connectivity index (χ0n) is 39.1. The zero-order valence-corrected chi connectivity index (χ0v) is 39.1. The third-order valence-corrected chi connectivity index (χ3v) is 20.5. The Morgan fingerprint density at radius 1 is 0.667 bits per heavy atom. The molecule has 0 radical (unpaired) electrons. The predicted molar refractivity (Wildman–Crippen MR) is 233 cm³/mol. The number of carbonyl (C=O) groups excluding carboxylic acids is 4. The van der Waals surface area contributed by atoms with E-state index in [2.05, 4.69) is 55.4 Å². The summed E-state index contributed by atoms with van der Waals surface area (Å²) in [6.07, 6.45) is 16.5. The minimum absolute atomic E-state index is 0.0568. The molecule has 8 aliphatic rings. The van der Waals surface area contributed by atoms with Gasteiger partial charge in [0.1, 0.15) is 5.78 Å². The number of aliphatic hydroxyl groups is 2. The van der Waals surface area contributed by atoms with E-state index in [-0.39, 0.29) is 63.4 Å². The Bertz CT molecular complexity index is 1670. The number of aliphatic hydroxyl groups excluding tert-OH is 2. The molecule has 8 aliphatic carbocycles. The Hall–Kier alpha value is -2.06. The van der Waals surface area contributed by atoms with Gasteiger partial charge in [-0.25, -0.2) is 0 Å². The molecule has 8 nitrogen and oxygen atoms in total. The first kappa shape index (κ1) is 45.9. The standard InChI is InChI=1S/C26H42O4.C26H40O4/c2*1-6-18-22-13-17(28)9-11-26(22,5)21-10-12-25(4)19(15(2)14-30-16(3)27)7-8-20(25)23(21)24(18)29/h15,18-24,29H,6-14H2,1-5H3;13,15,18-21,23-24,29H,6-12,14H2,1-5H3/t15-,18+,19-,20?,21?,22+,23?,24-,25-,26-;15-,18+,19-,20?,21?,23?,24-,25-,26-/m11/s1. The third-order valence-electron chi connectivity index (χ3n) is 20.5. The lowest BCUT2D eigenvalue weighted by molar-refractivity contribution is -0.195. The monoisotopic (exact) mass is 835 g/mol. The van der Waals surface area contributed by atoms with Gasteiger partial charge in [-0.3, -0.25) is 19.2 Å². The molecule has 8 rings (SSSR count). The van der Waals surface area contributed by atoms with E-state index < -0.39 is 0 Å². The fourth-order valence-electron chi connectivity index (χ4n) is 17.6. The Kier molecular flexibility index (Phi) is 13.1. The highest BCUT2D eigenvalue weighted by atomic mass is 16.5. The molecular formula is C52H82O8. The SMILES string of the molecule is CC[C@@H]1[C@@H](O)C2C3CC[C@H]([C@H](C)COC(C)=O)[C@@]3(C)CCC2[C@@]2(C)CCC(=O)C[C@@H]12.CC[C@H]1C2=CC(=O)CC[C@]2(C)C2CC[C@@]3(C)C(CC[C@@H]3[C@H](C)COC(C)=O)C2[C@@H]1O. The minimum Gasteiger partial charge on any atom is -0.466 e. The van der Waals surface area contributed by atoms with Gasteiger partial charge >= 0.3 is 11.9 Å². The van der Waals surface area contributed by atoms with Crippen LogP contribution >= 0.6 is 0 Å². The fraction of sp³-hybridized carbons (Fsp3) is 0.885. The van der Waals surface area contributed by atoms with Crippen molar-refractivity contribution in [3.8, 4) is 0 Å². The molecule has 7 fully saturated rings. The second-order valence-corrected chi connectivity index (χ2v) is 23.0. The molecule has 0 aromatic carbocycles. The van der Waals surface area contributed by atoms with Crippen molar-refractivity contribution < 1.29 is 38.9 Å². The van der Waals surface area contributed by atoms with Gasteiger partial charge < -0.3 is 19.7 Å². The van der Waals surface area contributed by atoms with Crippen molar-refractivity contribution in [1.29, 1.82) is 0 Å². The van der Waals surface area contributed by atoms with Crippen molar-refractivity contribution in [3.63, 3.8) is 0 Å². The summed E-state index contributed by atoms with van der Waals surface area (Å²) in [4.78, 5) is 47.3. The van der Waals surface area contributed by atoms with E-state index >= 15 is 0 Å². The summed E-state index contributed by atoms with van der Waals surface area (Å²) in [5.74, 6) is 5.50. The number of esters is 2. The first-order valence-electron chi connectivity index (χ1n) is 24.7. The lowest BCUT2D eigenvalue weighted by atomic mass is 9.41. The summed E-state index contributed by atoms with van der Waals surface area (Å²) in [5.41, 5.74) is 1.91. The van der Waals surface area contributed by atoms with Gasteiger partial charge in [-0.1, -0.05) is 67.4 Å². The Balaban J connectivity index is 0.000000181. The first-order chi connectivity index (χ1) is 28.3. The highest BCUT2D eigenvalue weighted by molar-refractivity contribution is 5.91. The maximum Gasteiger partial charge on any atom is 0.302 e. The predicted octanol–water partition coefficient (Wildman–Crippen LogP) is 9.96. The molecule has 2 N–H and O–H groups in total. The molecule has 0 aliphatic heterocycles. The van der Waals surface area contributed by atoms with Gasteiger partial charge in [0.15, 0.2) is 5.78 Å². The molecule has 0 spiro atoms. The van der Waals surface area contributed by atoms with Crippen LogP contribution in [0.3, 0.4) is 0 Å². The van der Waals surface area contributed by atoms with Crippen LogP contribution in [0, 0.1) is 98.6 Å². The molecular weight excluding hydrogens is 753 g/mol. The highest BCUT2D eigenvalue weighted by Gasteiger charge is 2.66. The van der Waals surface area contributed by atoms with Crippen LogP contribution in [0.4, 0.5) is 0 Å². The number of carbonyl (C=O) groups is 4. The smallest absolute Gasteiger partial charge is 0.302 e. The molecule has 338 valence electrons. The van der Waals surface area contributed by atoms with Crippen molar-refractivity contribution in [3.05, 3.63) is 11.6 Å². The summed E-state index contributed by atoms with van der Waals surface area (Å²) >= 11 is 0. The second kappa shape index (κ2) is 17.1. The molecule has 19 atom stereocenters. The number of hydrogen-bond donors (Lipinski definition) is 2. The molecule has 0 saturated heterocycles. The van der Waals surface area contributed by atoms with Gasteiger partial charge in [-0.05, 0) is 169 Å². The van der Waals surface area contributed by atoms with Crippen LogP contribution in [0.5, 0.6) is 0 Å². The summed E-state index contributed by atoms with van der Waals surface area (Å²) in [6, 6.07) is 0. The number of Topliss-reactive ketones (excluding diaryl/α,β-unsaturated/α-hetero) is 1. The molecule has 8 heteroatoms. The van der Waals surface area contributed by atoms with Crippen LogP contribution in [-0.4, -0.2) is 59.1 Å². The maximum absolute atomic E-state index is 12.3. The molecule has 7 saturated carbocycles. The summed E-state index contributed by atoms with van der Waals surface area (Å²) in [6.45, 7) is 22.6. The number of ether oxygens (including phenoxy) is 2. The van der Waals surface area contributed by atoms with Crippen LogP contribution in [-0.2, 0) is 28.7 Å². The van der Waals surface area contributed by atoms with Crippen LogP contribution in [0.15, 0.2) is 11.6 Å². The Morgan fingerprint density at radius 2 is 1.18 bits per heavy atom. The zero-order chi connectivity index (χ0) is 43.7. The lowest BCUT2D eigenvalue weighted by Crippen LogP contribution is -2.62. The molecule has 0 amide bonds. The topological polar surface area (TPSA) is 127 Å². The van der Waals surface area contributed by atoms with E-state index in [4.69, 9.17) is 9.47 Å². The number of hydrogen-bond acceptors (Lipinski definition) is 8. The van der Waals surface area contributed by atoms with Gasteiger partial charge in [0.2, 0.25) is 0 Å². The van der Waals surface area contributed by atoms with E-state index in [0.717, 1.165) is 51.4 Å². The summed E-state index contributed by atoms with van der Waals surface area (Å²) < 4.78 is 10.8. The van der Waals surface area contributed by atoms with Crippen molar-refractivity contribution in [1.82, 2.24) is 0 Å². The first-order valence-corrected chi connectivity index (χ1v) is 24.7. The Labute approximate surface area is 362 Å². The molecule has 0 bridgehead atoms. The molecule has 0 aromatic heterocycles. The number of ketones is 2. The fourth-order valence-corrected chi connectivity index (χ4v) is 17.6. The van der Waals surface area contributed by atoms with Gasteiger partial charge in [0.25, 0.3) is 0 Å². The van der Waals surface area contributed by atoms with Crippen molar-refractivity contribution in [2.75, 3.05) is 13.2 Å². The van der Waals surface area contributed by atoms with Gasteiger partial charge in [-0.2, -0.15) is 0 Å². The maximum atomic E-state index is 12.3. The van der Waals surface area contributed by atoms with Crippen LogP contribution in [0.1, 0.15) is 166 Å². The molecule has 6 unspecified atom stereocenters. The number of rotatable bonds is 8. The molecule has 0 aromatic rings. The van der Waals surface area contributed by atoms with Gasteiger partial charge in [-0.15, -0.1) is 0 Å². The van der Waals surface area contributed by atoms with Gasteiger partial charge in [0.05, 0.1) is 25.4 Å². The summed E-state index contributed by atoms with van der Waals surface area (Å²) in [7, 11) is 0. The second-order valence-electron chi connectivity index (χ2n) is 23.0. The normalized spacial score (nSPS) is 47.7. The van der Waals surface area contributed by atoms with E-state index in [1.165, 1.54) is 51.5 Å². The average Bonchev–Trinajstić information content (AvgIpc) is 3.74. The van der Waals surface area contributed by atoms with E-state index in [0.29, 0.717) is 96.9 Å². The Morgan fingerprint density at radius 3 is 1.70 bits per heavy atom. The van der Waals surface area contributed by atoms with Crippen LogP contribution < -0.4 is 0 Å². The van der Waals surface area contributed by atoms with Crippen LogP contribution in [0.25, 0.3) is 0 Å². The average molecular weight is 835 g/mol. The third kappa shape index (κ3) is 7.51. The molecule has 0 heterocycles. The van der Waals surface area contributed by atoms with Crippen molar-refractivity contribution >= 4 is 23.5 Å². The lowest BCUT2D eigenvalue weighted by Gasteiger charge is -2.64. The quantitative estimate of drug-likeness (QED) is 0.232. The minimum atomic E-state index is -0.350. The van der Waals surface area contributed by atoms with Gasteiger partial charge in [0, 0.05) is 39.0 Å². The summed E-state index contributed by atoms with van der Waals surface area (Å²) in [5, 5.41) is 23.3. The van der Waals surface area contributed by atoms with Crippen LogP contribution in [0.2, 0.25) is 0 Å². The van der Waals surface area contributed by atoms with Crippen molar-refractivity contribution in [2.45, 2.75) is 178 Å². The van der Waals surface area contributed by atoms with E-state index in [1.807, 2.05) is 6.08 Å². The van der Waals surface area contributed by atoms with E-state index in [9.17, 15) is 29.4 Å². The van der Waals surface area contributed by atoms with Crippen molar-refractivity contribution in [2.24, 2.45) is 98.6 Å². The van der Waals surface area contributed by atoms with E-state index in [1.54, 1.807) is 0 Å². The highest BCUT2D eigenvalue weighted by Crippen LogP contribution is 2.71.